The van der Waals surface area contributed by atoms with Gasteiger partial charge in [0.15, 0.2) is 0 Å². The summed E-state index contributed by atoms with van der Waals surface area (Å²) in [6, 6.07) is 24.5. The van der Waals surface area contributed by atoms with Crippen LogP contribution < -0.4 is 15.0 Å². The Kier molecular flexibility index (Phi) is 7.12. The summed E-state index contributed by atoms with van der Waals surface area (Å²) in [5.74, 6) is 0.807. The Morgan fingerprint density at radius 3 is 2.35 bits per heavy atom. The van der Waals surface area contributed by atoms with Crippen LogP contribution in [0.2, 0.25) is 0 Å². The standard InChI is InChI=1S/C25H26N2O3S/c1-29-15-16-30-20-8-6-7-19(17-20)18-26-25(28)13-14-27-21-9-2-4-11-23(21)31-24-12-5-3-10-22(24)27/h2-12,17H,13-16,18H2,1H3,(H,26,28). The number of benzene rings is 3. The number of para-hydroxylation sites is 2. The molecule has 0 radical (unpaired) electrons. The number of nitrogens with zero attached hydrogens (tertiary/aromatic N) is 1. The fourth-order valence-electron chi connectivity index (χ4n) is 3.51. The Bertz CT molecular complexity index is 995. The molecule has 0 spiro atoms. The topological polar surface area (TPSA) is 50.8 Å². The predicted octanol–water partition coefficient (Wildman–Crippen LogP) is 5.02. The molecule has 4 rings (SSSR count). The summed E-state index contributed by atoms with van der Waals surface area (Å²) in [6.45, 7) is 2.15. The lowest BCUT2D eigenvalue weighted by molar-refractivity contribution is -0.121. The molecule has 0 bridgehead atoms. The van der Waals surface area contributed by atoms with Crippen LogP contribution in [0.1, 0.15) is 12.0 Å². The quantitative estimate of drug-likeness (QED) is 0.479. The number of nitrogens with one attached hydrogen (secondary N) is 1. The molecule has 1 N–H and O–H groups in total. The molecule has 1 aliphatic rings. The number of ether oxygens (including phenoxy) is 2. The average Bonchev–Trinajstić information content (AvgIpc) is 2.81. The van der Waals surface area contributed by atoms with Crippen molar-refractivity contribution in [1.29, 1.82) is 0 Å². The first kappa shape index (κ1) is 21.3. The monoisotopic (exact) mass is 434 g/mol. The summed E-state index contributed by atoms with van der Waals surface area (Å²) >= 11 is 1.77. The van der Waals surface area contributed by atoms with Crippen molar-refractivity contribution >= 4 is 29.0 Å². The molecular weight excluding hydrogens is 408 g/mol. The number of rotatable bonds is 9. The number of hydrogen-bond donors (Lipinski definition) is 1. The molecule has 3 aromatic rings. The van der Waals surface area contributed by atoms with Crippen molar-refractivity contribution in [3.05, 3.63) is 78.4 Å². The predicted molar refractivity (Wildman–Crippen MR) is 124 cm³/mol. The lowest BCUT2D eigenvalue weighted by atomic mass is 10.2. The third kappa shape index (κ3) is 5.40. The van der Waals surface area contributed by atoms with Gasteiger partial charge in [0.1, 0.15) is 12.4 Å². The van der Waals surface area contributed by atoms with Gasteiger partial charge in [-0.3, -0.25) is 4.79 Å². The highest BCUT2D eigenvalue weighted by Crippen LogP contribution is 2.47. The van der Waals surface area contributed by atoms with Crippen molar-refractivity contribution in [3.8, 4) is 5.75 Å². The van der Waals surface area contributed by atoms with Crippen LogP contribution in [0.3, 0.4) is 0 Å². The van der Waals surface area contributed by atoms with Gasteiger partial charge in [0.05, 0.1) is 18.0 Å². The normalized spacial score (nSPS) is 12.1. The molecule has 0 fully saturated rings. The number of carbonyl (C=O) groups excluding carboxylic acids is 1. The van der Waals surface area contributed by atoms with Crippen LogP contribution in [-0.4, -0.2) is 32.8 Å². The third-order valence-corrected chi connectivity index (χ3v) is 6.17. The molecule has 3 aromatic carbocycles. The van der Waals surface area contributed by atoms with Crippen LogP contribution in [0.15, 0.2) is 82.6 Å². The highest BCUT2D eigenvalue weighted by Gasteiger charge is 2.23. The molecule has 6 heteroatoms. The minimum atomic E-state index is 0.0268. The molecule has 0 aliphatic carbocycles. The summed E-state index contributed by atoms with van der Waals surface area (Å²) in [5, 5.41) is 3.03. The number of methoxy groups -OCH3 is 1. The van der Waals surface area contributed by atoms with E-state index in [0.717, 1.165) is 22.7 Å². The maximum absolute atomic E-state index is 12.6. The fraction of sp³-hybridized carbons (Fsp3) is 0.240. The van der Waals surface area contributed by atoms with E-state index in [-0.39, 0.29) is 5.91 Å². The minimum absolute atomic E-state index is 0.0268. The molecule has 31 heavy (non-hydrogen) atoms. The largest absolute Gasteiger partial charge is 0.491 e. The van der Waals surface area contributed by atoms with Gasteiger partial charge in [-0.25, -0.2) is 0 Å². The van der Waals surface area contributed by atoms with Crippen molar-refractivity contribution in [2.75, 3.05) is 31.8 Å². The number of carbonyl (C=O) groups is 1. The Hall–Kier alpha value is -2.96. The zero-order chi connectivity index (χ0) is 21.5. The van der Waals surface area contributed by atoms with Gasteiger partial charge in [-0.05, 0) is 42.0 Å². The van der Waals surface area contributed by atoms with E-state index in [9.17, 15) is 4.79 Å². The Balaban J connectivity index is 1.35. The van der Waals surface area contributed by atoms with Gasteiger partial charge in [-0.1, -0.05) is 48.2 Å². The summed E-state index contributed by atoms with van der Waals surface area (Å²) in [6.07, 6.45) is 0.414. The average molecular weight is 435 g/mol. The molecule has 0 unspecified atom stereocenters. The number of anilines is 2. The number of hydrogen-bond acceptors (Lipinski definition) is 5. The SMILES string of the molecule is COCCOc1cccc(CNC(=O)CCN2c3ccccc3Sc3ccccc32)c1. The molecule has 0 saturated carbocycles. The van der Waals surface area contributed by atoms with Crippen LogP contribution in [0.25, 0.3) is 0 Å². The van der Waals surface area contributed by atoms with Crippen LogP contribution >= 0.6 is 11.8 Å². The van der Waals surface area contributed by atoms with Crippen LogP contribution in [0.5, 0.6) is 5.75 Å². The lowest BCUT2D eigenvalue weighted by Gasteiger charge is -2.32. The smallest absolute Gasteiger partial charge is 0.222 e. The van der Waals surface area contributed by atoms with Crippen LogP contribution in [0, 0.1) is 0 Å². The van der Waals surface area contributed by atoms with Crippen molar-refractivity contribution in [1.82, 2.24) is 5.32 Å². The van der Waals surface area contributed by atoms with Gasteiger partial charge in [-0.15, -0.1) is 0 Å². The fourth-order valence-corrected chi connectivity index (χ4v) is 4.61. The molecular formula is C25H26N2O3S. The first-order chi connectivity index (χ1) is 15.2. The van der Waals surface area contributed by atoms with Crippen molar-refractivity contribution < 1.29 is 14.3 Å². The molecule has 5 nitrogen and oxygen atoms in total. The maximum atomic E-state index is 12.6. The summed E-state index contributed by atoms with van der Waals surface area (Å²) in [7, 11) is 1.65. The van der Waals surface area contributed by atoms with Gasteiger partial charge in [0.2, 0.25) is 5.91 Å². The van der Waals surface area contributed by atoms with E-state index < -0.39 is 0 Å². The van der Waals surface area contributed by atoms with Gasteiger partial charge < -0.3 is 19.7 Å². The first-order valence-electron chi connectivity index (χ1n) is 10.4. The Morgan fingerprint density at radius 1 is 0.935 bits per heavy atom. The van der Waals surface area contributed by atoms with Gasteiger partial charge in [-0.2, -0.15) is 0 Å². The van der Waals surface area contributed by atoms with Crippen LogP contribution in [-0.2, 0) is 16.1 Å². The van der Waals surface area contributed by atoms with Gasteiger partial charge >= 0.3 is 0 Å². The Labute approximate surface area is 187 Å². The molecule has 0 atom stereocenters. The highest BCUT2D eigenvalue weighted by atomic mass is 32.2. The molecule has 1 aliphatic heterocycles. The highest BCUT2D eigenvalue weighted by molar-refractivity contribution is 7.99. The lowest BCUT2D eigenvalue weighted by Crippen LogP contribution is -2.29. The zero-order valence-electron chi connectivity index (χ0n) is 17.5. The van der Waals surface area contributed by atoms with Crippen LogP contribution in [0.4, 0.5) is 11.4 Å². The van der Waals surface area contributed by atoms with Gasteiger partial charge in [0, 0.05) is 36.4 Å². The summed E-state index contributed by atoms with van der Waals surface area (Å²) < 4.78 is 10.6. The minimum Gasteiger partial charge on any atom is -0.491 e. The molecule has 0 saturated heterocycles. The van der Waals surface area contributed by atoms with E-state index in [2.05, 4.69) is 46.6 Å². The number of amides is 1. The second-order valence-corrected chi connectivity index (χ2v) is 8.29. The maximum Gasteiger partial charge on any atom is 0.222 e. The molecule has 1 heterocycles. The van der Waals surface area contributed by atoms with E-state index in [4.69, 9.17) is 9.47 Å². The second kappa shape index (κ2) is 10.4. The van der Waals surface area contributed by atoms with Crippen molar-refractivity contribution in [3.63, 3.8) is 0 Å². The van der Waals surface area contributed by atoms with Gasteiger partial charge in [0.25, 0.3) is 0 Å². The van der Waals surface area contributed by atoms with E-state index in [1.807, 2.05) is 36.4 Å². The zero-order valence-corrected chi connectivity index (χ0v) is 18.4. The van der Waals surface area contributed by atoms with Crippen molar-refractivity contribution in [2.24, 2.45) is 0 Å². The van der Waals surface area contributed by atoms with E-state index in [1.54, 1.807) is 18.9 Å². The molecule has 160 valence electrons. The number of fused-ring (bicyclic) bond motifs is 2. The molecule has 1 amide bonds. The van der Waals surface area contributed by atoms with Crippen molar-refractivity contribution in [2.45, 2.75) is 22.8 Å². The molecule has 0 aromatic heterocycles. The summed E-state index contributed by atoms with van der Waals surface area (Å²) in [5.41, 5.74) is 3.31. The third-order valence-electron chi connectivity index (χ3n) is 5.04. The van der Waals surface area contributed by atoms with E-state index >= 15 is 0 Å². The second-order valence-electron chi connectivity index (χ2n) is 7.20. The van der Waals surface area contributed by atoms with E-state index in [0.29, 0.717) is 32.7 Å². The van der Waals surface area contributed by atoms with E-state index in [1.165, 1.54) is 9.79 Å². The summed E-state index contributed by atoms with van der Waals surface area (Å²) in [4.78, 5) is 17.3. The first-order valence-corrected chi connectivity index (χ1v) is 11.2. The Morgan fingerprint density at radius 2 is 1.65 bits per heavy atom.